The molecule has 0 aromatic heterocycles. The molecule has 0 saturated carbocycles. The van der Waals surface area contributed by atoms with Crippen LogP contribution in [-0.2, 0) is 9.53 Å². The van der Waals surface area contributed by atoms with Gasteiger partial charge in [0.25, 0.3) is 0 Å². The van der Waals surface area contributed by atoms with Gasteiger partial charge < -0.3 is 4.74 Å². The van der Waals surface area contributed by atoms with E-state index in [0.717, 1.165) is 6.17 Å². The van der Waals surface area contributed by atoms with E-state index in [2.05, 4.69) is 11.3 Å². The summed E-state index contributed by atoms with van der Waals surface area (Å²) in [6, 6.07) is 1.46. The predicted octanol–water partition coefficient (Wildman–Crippen LogP) is 0.501. The molecule has 0 unspecified atom stereocenters. The topological polar surface area (TPSA) is 50.1 Å². The fraction of sp³-hybridized carbons (Fsp3) is 0. The fourth-order valence-corrected chi connectivity index (χ4v) is 0.228. The Balaban J connectivity index is 4.06. The van der Waals surface area contributed by atoms with E-state index in [4.69, 9.17) is 5.26 Å². The second kappa shape index (κ2) is 5.53. The van der Waals surface area contributed by atoms with E-state index in [-0.39, 0.29) is 5.57 Å². The van der Waals surface area contributed by atoms with E-state index in [1.807, 2.05) is 5.92 Å². The van der Waals surface area contributed by atoms with Gasteiger partial charge in [0.05, 0.1) is 0 Å². The number of nitriles is 1. The maximum Gasteiger partial charge on any atom is 0.362 e. The molecule has 0 amide bonds. The van der Waals surface area contributed by atoms with Crippen molar-refractivity contribution >= 4 is 5.97 Å². The molecule has 0 heterocycles. The number of hydrogen-bond acceptors (Lipinski definition) is 3. The third-order valence-electron chi connectivity index (χ3n) is 0.686. The van der Waals surface area contributed by atoms with E-state index in [9.17, 15) is 9.18 Å². The number of carbonyl (C=O) groups is 1. The standard InChI is InChI=1S/C8H2FNO2/c1-7(6-10)8(11)12-5-3-2-4-9/h1H2. The number of hydrogen-bond donors (Lipinski definition) is 0. The van der Waals surface area contributed by atoms with Gasteiger partial charge in [0.15, 0.2) is 0 Å². The molecule has 3 nitrogen and oxygen atoms in total. The van der Waals surface area contributed by atoms with Crippen molar-refractivity contribution in [2.45, 2.75) is 0 Å². The third kappa shape index (κ3) is 3.71. The van der Waals surface area contributed by atoms with Gasteiger partial charge in [0, 0.05) is 11.8 Å². The monoisotopic (exact) mass is 163 g/mol. The minimum atomic E-state index is -0.967. The molecule has 0 fully saturated rings. The molecular formula is C8H2FNO2. The second-order valence-corrected chi connectivity index (χ2v) is 1.43. The lowest BCUT2D eigenvalue weighted by Crippen LogP contribution is -2.00. The molecule has 0 aromatic rings. The Bertz CT molecular complexity index is 356. The highest BCUT2D eigenvalue weighted by molar-refractivity contribution is 5.92. The van der Waals surface area contributed by atoms with Crippen LogP contribution in [0.25, 0.3) is 0 Å². The summed E-state index contributed by atoms with van der Waals surface area (Å²) in [5.74, 6) is 2.59. The van der Waals surface area contributed by atoms with Crippen molar-refractivity contribution < 1.29 is 13.9 Å². The highest BCUT2D eigenvalue weighted by Gasteiger charge is 2.04. The second-order valence-electron chi connectivity index (χ2n) is 1.43. The Morgan fingerprint density at radius 3 is 2.67 bits per heavy atom. The summed E-state index contributed by atoms with van der Waals surface area (Å²) in [5.41, 5.74) is -0.377. The van der Waals surface area contributed by atoms with Crippen LogP contribution in [-0.4, -0.2) is 5.97 Å². The van der Waals surface area contributed by atoms with Crippen LogP contribution >= 0.6 is 0 Å². The molecule has 0 N–H and O–H groups in total. The van der Waals surface area contributed by atoms with Gasteiger partial charge in [-0.15, -0.1) is 4.39 Å². The first-order chi connectivity index (χ1) is 5.72. The summed E-state index contributed by atoms with van der Waals surface area (Å²) >= 11 is 0. The molecule has 0 radical (unpaired) electrons. The minimum Gasteiger partial charge on any atom is -0.367 e. The molecule has 0 aliphatic heterocycles. The molecule has 58 valence electrons. The van der Waals surface area contributed by atoms with Crippen molar-refractivity contribution in [2.75, 3.05) is 0 Å². The highest BCUT2D eigenvalue weighted by atomic mass is 19.1. The van der Waals surface area contributed by atoms with Crippen LogP contribution in [0.3, 0.4) is 0 Å². The van der Waals surface area contributed by atoms with E-state index < -0.39 is 5.97 Å². The molecule has 0 aromatic carbocycles. The lowest BCUT2D eigenvalue weighted by atomic mass is 10.3. The molecule has 4 heteroatoms. The van der Waals surface area contributed by atoms with Crippen molar-refractivity contribution in [2.24, 2.45) is 0 Å². The van der Waals surface area contributed by atoms with Crippen LogP contribution in [0, 0.1) is 35.5 Å². The van der Waals surface area contributed by atoms with Crippen LogP contribution < -0.4 is 0 Å². The average Bonchev–Trinajstić information content (AvgIpc) is 2.10. The summed E-state index contributed by atoms with van der Waals surface area (Å²) in [6.45, 7) is 3.06. The molecule has 12 heavy (non-hydrogen) atoms. The van der Waals surface area contributed by atoms with Crippen molar-refractivity contribution in [3.8, 4) is 30.2 Å². The molecule has 0 rings (SSSR count). The van der Waals surface area contributed by atoms with Gasteiger partial charge in [-0.05, 0) is 0 Å². The summed E-state index contributed by atoms with van der Waals surface area (Å²) in [7, 11) is 0. The van der Waals surface area contributed by atoms with E-state index in [0.29, 0.717) is 0 Å². The molecule has 0 aliphatic carbocycles. The fourth-order valence-electron chi connectivity index (χ4n) is 0.228. The molecule has 0 aliphatic rings. The number of ether oxygens (including phenoxy) is 1. The zero-order chi connectivity index (χ0) is 9.40. The first-order valence-corrected chi connectivity index (χ1v) is 2.63. The number of carbonyl (C=O) groups excluding carboxylic acids is 1. The summed E-state index contributed by atoms with van der Waals surface area (Å²) < 4.78 is 15.2. The maximum absolute atomic E-state index is 11.1. The normalized spacial score (nSPS) is 6.00. The SMILES string of the molecule is C=C(C#N)C(=O)OC#CC#CF. The van der Waals surface area contributed by atoms with Gasteiger partial charge in [-0.25, -0.2) is 4.79 Å². The smallest absolute Gasteiger partial charge is 0.362 e. The first-order valence-electron chi connectivity index (χ1n) is 2.63. The number of rotatable bonds is 1. The predicted molar refractivity (Wildman–Crippen MR) is 37.5 cm³/mol. The Morgan fingerprint density at radius 2 is 2.17 bits per heavy atom. The van der Waals surface area contributed by atoms with Crippen LogP contribution in [0.5, 0.6) is 0 Å². The zero-order valence-electron chi connectivity index (χ0n) is 5.85. The van der Waals surface area contributed by atoms with Gasteiger partial charge >= 0.3 is 5.97 Å². The van der Waals surface area contributed by atoms with Gasteiger partial charge in [-0.2, -0.15) is 5.26 Å². The lowest BCUT2D eigenvalue weighted by Gasteiger charge is -1.87. The molecular weight excluding hydrogens is 161 g/mol. The number of esters is 1. The minimum absolute atomic E-state index is 0.377. The van der Waals surface area contributed by atoms with Crippen LogP contribution in [0.2, 0.25) is 0 Å². The molecule has 0 saturated heterocycles. The van der Waals surface area contributed by atoms with Gasteiger partial charge in [0.1, 0.15) is 23.9 Å². The maximum atomic E-state index is 11.1. The van der Waals surface area contributed by atoms with Crippen LogP contribution in [0.1, 0.15) is 0 Å². The number of nitrogens with zero attached hydrogens (tertiary/aromatic N) is 1. The van der Waals surface area contributed by atoms with Gasteiger partial charge in [0.2, 0.25) is 0 Å². The average molecular weight is 163 g/mol. The van der Waals surface area contributed by atoms with Crippen molar-refractivity contribution in [3.05, 3.63) is 12.2 Å². The van der Waals surface area contributed by atoms with Crippen LogP contribution in [0.15, 0.2) is 12.2 Å². The van der Waals surface area contributed by atoms with Gasteiger partial charge in [-0.3, -0.25) is 0 Å². The first kappa shape index (κ1) is 9.75. The summed E-state index contributed by atoms with van der Waals surface area (Å²) in [5, 5.41) is 8.12. The molecule has 0 atom stereocenters. The van der Waals surface area contributed by atoms with Crippen molar-refractivity contribution in [3.63, 3.8) is 0 Å². The quantitative estimate of drug-likeness (QED) is 0.245. The summed E-state index contributed by atoms with van der Waals surface area (Å²) in [4.78, 5) is 10.5. The summed E-state index contributed by atoms with van der Waals surface area (Å²) in [6.07, 6.45) is 2.76. The Kier molecular flexibility index (Phi) is 4.49. The lowest BCUT2D eigenvalue weighted by molar-refractivity contribution is -0.131. The van der Waals surface area contributed by atoms with Crippen molar-refractivity contribution in [1.29, 1.82) is 5.26 Å². The van der Waals surface area contributed by atoms with E-state index in [1.165, 1.54) is 6.07 Å². The Hall–Kier alpha value is -2.25. The van der Waals surface area contributed by atoms with Gasteiger partial charge in [-0.1, -0.05) is 6.58 Å². The highest BCUT2D eigenvalue weighted by Crippen LogP contribution is 1.89. The van der Waals surface area contributed by atoms with Crippen molar-refractivity contribution in [1.82, 2.24) is 0 Å². The largest absolute Gasteiger partial charge is 0.367 e. The third-order valence-corrected chi connectivity index (χ3v) is 0.686. The van der Waals surface area contributed by atoms with E-state index in [1.54, 1.807) is 12.0 Å². The Labute approximate surface area is 68.4 Å². The molecule has 0 spiro atoms. The van der Waals surface area contributed by atoms with Crippen LogP contribution in [0.4, 0.5) is 4.39 Å². The molecule has 0 bridgehead atoms. The van der Waals surface area contributed by atoms with E-state index >= 15 is 0 Å². The zero-order valence-corrected chi connectivity index (χ0v) is 5.85. The Morgan fingerprint density at radius 1 is 1.50 bits per heavy atom. The number of halogens is 1.